The third-order valence-electron chi connectivity index (χ3n) is 23.4. The Balaban J connectivity index is 0.856. The lowest BCUT2D eigenvalue weighted by molar-refractivity contribution is -0.405. The molecule has 38 nitrogen and oxygen atoms in total. The molecule has 38 heteroatoms. The highest BCUT2D eigenvalue weighted by atomic mass is 16.8. The van der Waals surface area contributed by atoms with Gasteiger partial charge in [-0.3, -0.25) is 4.79 Å². The fraction of sp³-hybridized carbons (Fsp3) is 0.952. The van der Waals surface area contributed by atoms with Crippen LogP contribution in [-0.2, 0) is 71.1 Å². The van der Waals surface area contributed by atoms with Crippen LogP contribution in [0.5, 0.6) is 0 Å². The summed E-state index contributed by atoms with van der Waals surface area (Å²) < 4.78 is 84.9. The van der Waals surface area contributed by atoms with E-state index in [9.17, 15) is 117 Å². The summed E-state index contributed by atoms with van der Waals surface area (Å²) >= 11 is 0. The van der Waals surface area contributed by atoms with Crippen molar-refractivity contribution in [1.82, 2.24) is 0 Å². The monoisotopic (exact) mass is 1450 g/mol. The van der Waals surface area contributed by atoms with E-state index in [1.165, 1.54) is 0 Å². The van der Waals surface area contributed by atoms with Crippen LogP contribution >= 0.6 is 0 Å². The molecule has 1 unspecified atom stereocenters. The predicted molar refractivity (Wildman–Crippen MR) is 317 cm³/mol. The molecule has 576 valence electrons. The van der Waals surface area contributed by atoms with E-state index < -0.39 is 295 Å². The van der Waals surface area contributed by atoms with Crippen molar-refractivity contribution in [2.45, 2.75) is 292 Å². The van der Waals surface area contributed by atoms with E-state index in [1.807, 2.05) is 0 Å². The minimum atomic E-state index is -2.13. The third-order valence-corrected chi connectivity index (χ3v) is 23.4. The van der Waals surface area contributed by atoms with Gasteiger partial charge in [-0.15, -0.1) is 0 Å². The normalized spacial score (nSPS) is 54.5. The standard InChI is InChI=1S/C62H100O38/c1-20-11-61-9-5-28-59(2,7-4-8-60(28,3)58(86)99-56-50(98-54-44(84)39(79)33(73)24(15-66)90-54)47(35(75)26(17-68)92-56)95-51-41(81)36(76)30(70)21(12-63)87-51)29(61)6-10-62(20,19-61)100-57-49(97-53-43(83)38(78)32(72)23(14-65)89-53)45(85)46(27(18-69)93-57)94-55-48(40(80)34(74)25(16-67)91-55)96-52-42(82)37(77)31(71)22(13-64)88-52/h21-57,63-85H,1,4-19H2,2-3H3/t21-,22-,23-,24-,25-,26-,27-,28+,29+,30-,31-,32-,33-,34-,35-,36+,37+,38+,39+,40+,41-,42-,43-,44-,45+,46-,47+,48-,49-,50-,51+,52+,53+,54+,55+,56+,57+,59-,60-,61?,62+/m1/s1. The largest absolute Gasteiger partial charge is 0.432 e. The molecular weight excluding hydrogens is 1350 g/mol. The molecule has 11 aliphatic rings. The maximum Gasteiger partial charge on any atom is 0.314 e. The van der Waals surface area contributed by atoms with Crippen molar-refractivity contribution >= 4 is 5.97 Å². The second kappa shape index (κ2) is 31.2. The Morgan fingerprint density at radius 3 is 1.21 bits per heavy atom. The third kappa shape index (κ3) is 14.0. The highest BCUT2D eigenvalue weighted by Gasteiger charge is 2.70. The number of hydrogen-bond donors (Lipinski definition) is 23. The molecule has 0 aromatic rings. The molecule has 0 aromatic heterocycles. The van der Waals surface area contributed by atoms with Crippen molar-refractivity contribution < 1.29 is 189 Å². The van der Waals surface area contributed by atoms with Crippen molar-refractivity contribution in [3.8, 4) is 0 Å². The second-order valence-electron chi connectivity index (χ2n) is 29.2. The SMILES string of the molecule is C=C1CC23CC[C@H]4[C@@](C)(CCC[C@@]4(C)C(=O)O[C@@H]4O[C@H](CO)[C@@H](O)[C@H](O[C@@H]5O[C@H](CO)[C@@H](O)[C@H](O)[C@H]5O)[C@H]4O[C@@H]4O[C@H](CO)[C@@H](O)[C@H](O)[C@H]4O)[C@@H]2CC[C@]1(O[C@@H]1O[C@H](CO)[C@@H](O[C@@H]2O[C@H](CO)[C@@H](O)[C@H](O)[C@H]2O[C@@H]2O[C@H](CO)[C@@H](O)[C@H](O)[C@H]2O)[C@H](O)[C@H]1O[C@@H]1O[C@H](CO)[C@@H](O)[C@H](O)[C@H]1O)C3. The molecule has 0 amide bonds. The van der Waals surface area contributed by atoms with Crippen molar-refractivity contribution in [2.75, 3.05) is 46.2 Å². The van der Waals surface area contributed by atoms with Crippen LogP contribution in [0.15, 0.2) is 12.2 Å². The number of rotatable bonds is 21. The molecule has 1 spiro atoms. The molecule has 41 atom stereocenters. The van der Waals surface area contributed by atoms with E-state index in [2.05, 4.69) is 13.5 Å². The van der Waals surface area contributed by atoms with Gasteiger partial charge in [0.25, 0.3) is 0 Å². The van der Waals surface area contributed by atoms with Crippen LogP contribution in [0.3, 0.4) is 0 Å². The van der Waals surface area contributed by atoms with Gasteiger partial charge in [0.05, 0.1) is 57.3 Å². The van der Waals surface area contributed by atoms with E-state index in [0.29, 0.717) is 44.1 Å². The molecule has 23 N–H and O–H groups in total. The average Bonchev–Trinajstić information content (AvgIpc) is 1.56. The van der Waals surface area contributed by atoms with Crippen LogP contribution in [-0.4, -0.2) is 390 Å². The van der Waals surface area contributed by atoms with Gasteiger partial charge in [-0.05, 0) is 86.5 Å². The molecular formula is C62H100O38. The first kappa shape index (κ1) is 78.8. The molecule has 4 saturated carbocycles. The number of esters is 1. The molecule has 11 rings (SSSR count). The minimum absolute atomic E-state index is 0.192. The summed E-state index contributed by atoms with van der Waals surface area (Å²) in [5.74, 6) is -1.55. The fourth-order valence-corrected chi connectivity index (χ4v) is 17.9. The van der Waals surface area contributed by atoms with Gasteiger partial charge < -0.3 is 184 Å². The fourth-order valence-electron chi connectivity index (χ4n) is 17.9. The smallest absolute Gasteiger partial charge is 0.314 e. The number of carbonyl (C=O) groups is 1. The van der Waals surface area contributed by atoms with Crippen molar-refractivity contribution in [3.05, 3.63) is 12.2 Å². The van der Waals surface area contributed by atoms with Gasteiger partial charge in [0.2, 0.25) is 6.29 Å². The first-order chi connectivity index (χ1) is 47.3. The summed E-state index contributed by atoms with van der Waals surface area (Å²) in [6.07, 6.45) is -63.6. The Labute approximate surface area is 571 Å². The Hall–Kier alpha value is -2.23. The van der Waals surface area contributed by atoms with Gasteiger partial charge in [0, 0.05) is 0 Å². The molecule has 2 bridgehead atoms. The molecule has 4 aliphatic carbocycles. The van der Waals surface area contributed by atoms with Gasteiger partial charge in [0.15, 0.2) is 43.8 Å². The van der Waals surface area contributed by atoms with Gasteiger partial charge >= 0.3 is 5.97 Å². The lowest BCUT2D eigenvalue weighted by atomic mass is 9.41. The van der Waals surface area contributed by atoms with Crippen LogP contribution in [0.1, 0.15) is 71.6 Å². The minimum Gasteiger partial charge on any atom is -0.432 e. The molecule has 0 aromatic carbocycles. The van der Waals surface area contributed by atoms with Gasteiger partial charge in [-0.1, -0.05) is 19.9 Å². The lowest BCUT2D eigenvalue weighted by Crippen LogP contribution is -2.68. The van der Waals surface area contributed by atoms with E-state index in [1.54, 1.807) is 6.92 Å². The molecule has 7 aliphatic heterocycles. The molecule has 7 heterocycles. The second-order valence-corrected chi connectivity index (χ2v) is 29.2. The first-order valence-electron chi connectivity index (χ1n) is 33.9. The zero-order valence-corrected chi connectivity index (χ0v) is 54.8. The van der Waals surface area contributed by atoms with Crippen molar-refractivity contribution in [2.24, 2.45) is 28.1 Å². The highest BCUT2D eigenvalue weighted by Crippen LogP contribution is 2.74. The van der Waals surface area contributed by atoms with Crippen LogP contribution < -0.4 is 0 Å². The van der Waals surface area contributed by atoms with Gasteiger partial charge in [0.1, 0.15) is 165 Å². The number of fused-ring (bicyclic) bond motifs is 3. The van der Waals surface area contributed by atoms with Gasteiger partial charge in [-0.25, -0.2) is 0 Å². The number of aliphatic hydroxyl groups is 23. The number of carbonyl (C=O) groups excluding carboxylic acids is 1. The van der Waals surface area contributed by atoms with Gasteiger partial charge in [-0.2, -0.15) is 0 Å². The Bertz CT molecular complexity index is 2720. The Kier molecular flexibility index (Phi) is 24.6. The topological polar surface area (TPSA) is 612 Å². The molecule has 7 saturated heterocycles. The molecule has 11 fully saturated rings. The first-order valence-corrected chi connectivity index (χ1v) is 33.9. The van der Waals surface area contributed by atoms with Crippen molar-refractivity contribution in [1.29, 1.82) is 0 Å². The van der Waals surface area contributed by atoms with E-state index in [4.69, 9.17) is 66.3 Å². The van der Waals surface area contributed by atoms with Crippen LogP contribution in [0, 0.1) is 28.1 Å². The van der Waals surface area contributed by atoms with E-state index >= 15 is 4.79 Å². The number of hydrogen-bond acceptors (Lipinski definition) is 38. The summed E-state index contributed by atoms with van der Waals surface area (Å²) in [7, 11) is 0. The predicted octanol–water partition coefficient (Wildman–Crippen LogP) is -11.6. The quantitative estimate of drug-likeness (QED) is 0.0288. The van der Waals surface area contributed by atoms with E-state index in [0.717, 1.165) is 0 Å². The zero-order valence-electron chi connectivity index (χ0n) is 54.8. The summed E-state index contributed by atoms with van der Waals surface area (Å²) in [6.45, 7) is 1.78. The molecule has 100 heavy (non-hydrogen) atoms. The maximum absolute atomic E-state index is 15.5. The Morgan fingerprint density at radius 2 is 0.750 bits per heavy atom. The van der Waals surface area contributed by atoms with Crippen LogP contribution in [0.2, 0.25) is 0 Å². The summed E-state index contributed by atoms with van der Waals surface area (Å²) in [5, 5.41) is 249. The zero-order chi connectivity index (χ0) is 72.7. The summed E-state index contributed by atoms with van der Waals surface area (Å²) in [4.78, 5) is 15.5. The van der Waals surface area contributed by atoms with Crippen LogP contribution in [0.25, 0.3) is 0 Å². The molecule has 0 radical (unpaired) electrons. The highest BCUT2D eigenvalue weighted by molar-refractivity contribution is 5.77. The number of aliphatic hydroxyl groups excluding tert-OH is 23. The van der Waals surface area contributed by atoms with Crippen molar-refractivity contribution in [3.63, 3.8) is 0 Å². The van der Waals surface area contributed by atoms with Crippen LogP contribution in [0.4, 0.5) is 0 Å². The summed E-state index contributed by atoms with van der Waals surface area (Å²) in [6, 6.07) is 0. The number of ether oxygens (including phenoxy) is 14. The summed E-state index contributed by atoms with van der Waals surface area (Å²) in [5.41, 5.74) is -3.48. The van der Waals surface area contributed by atoms with E-state index in [-0.39, 0.29) is 25.2 Å². The average molecular weight is 1450 g/mol. The lowest BCUT2D eigenvalue weighted by Gasteiger charge is -2.64. The Morgan fingerprint density at radius 1 is 0.380 bits per heavy atom. The maximum atomic E-state index is 15.5.